The number of benzene rings is 1. The quantitative estimate of drug-likeness (QED) is 0.885. The number of rotatable bonds is 3. The van der Waals surface area contributed by atoms with E-state index in [-0.39, 0.29) is 5.41 Å². The number of piperidine rings is 1. The lowest BCUT2D eigenvalue weighted by molar-refractivity contribution is -0.123. The van der Waals surface area contributed by atoms with Gasteiger partial charge in [-0.2, -0.15) is 0 Å². The third kappa shape index (κ3) is 2.27. The van der Waals surface area contributed by atoms with E-state index in [0.29, 0.717) is 5.78 Å². The van der Waals surface area contributed by atoms with Gasteiger partial charge in [0.25, 0.3) is 0 Å². The molecule has 3 nitrogen and oxygen atoms in total. The van der Waals surface area contributed by atoms with Gasteiger partial charge in [-0.15, -0.1) is 0 Å². The van der Waals surface area contributed by atoms with Gasteiger partial charge < -0.3 is 10.2 Å². The highest BCUT2D eigenvalue weighted by molar-refractivity contribution is 5.88. The zero-order chi connectivity index (χ0) is 13.2. The summed E-state index contributed by atoms with van der Waals surface area (Å²) in [5, 5.41) is 3.33. The second-order valence-corrected chi connectivity index (χ2v) is 5.33. The van der Waals surface area contributed by atoms with Crippen LogP contribution in [0.4, 0.5) is 5.69 Å². The Morgan fingerprint density at radius 2 is 1.72 bits per heavy atom. The Morgan fingerprint density at radius 1 is 1.17 bits per heavy atom. The van der Waals surface area contributed by atoms with Crippen LogP contribution in [0, 0.1) is 0 Å². The van der Waals surface area contributed by atoms with Crippen molar-refractivity contribution in [2.45, 2.75) is 25.2 Å². The molecule has 98 valence electrons. The molecule has 1 aromatic carbocycles. The summed E-state index contributed by atoms with van der Waals surface area (Å²) in [6.45, 7) is 3.58. The molecule has 0 radical (unpaired) electrons. The molecule has 0 bridgehead atoms. The number of nitrogens with one attached hydrogen (secondary N) is 1. The molecule has 0 spiro atoms. The minimum Gasteiger partial charge on any atom is -0.378 e. The van der Waals surface area contributed by atoms with E-state index < -0.39 is 0 Å². The first-order valence-corrected chi connectivity index (χ1v) is 6.56. The lowest BCUT2D eigenvalue weighted by Crippen LogP contribution is -2.44. The number of hydrogen-bond donors (Lipinski definition) is 1. The summed E-state index contributed by atoms with van der Waals surface area (Å²) in [7, 11) is 4.06. The van der Waals surface area contributed by atoms with Crippen LogP contribution in [0.1, 0.15) is 25.3 Å². The second-order valence-electron chi connectivity index (χ2n) is 5.33. The van der Waals surface area contributed by atoms with Crippen molar-refractivity contribution in [2.24, 2.45) is 0 Å². The van der Waals surface area contributed by atoms with Crippen LogP contribution in [0.2, 0.25) is 0 Å². The summed E-state index contributed by atoms with van der Waals surface area (Å²) < 4.78 is 0. The van der Waals surface area contributed by atoms with Crippen molar-refractivity contribution in [2.75, 3.05) is 32.1 Å². The molecule has 1 fully saturated rings. The molecule has 0 aliphatic carbocycles. The summed E-state index contributed by atoms with van der Waals surface area (Å²) in [6, 6.07) is 8.42. The maximum atomic E-state index is 12.1. The monoisotopic (exact) mass is 246 g/mol. The fourth-order valence-electron chi connectivity index (χ4n) is 2.78. The Bertz CT molecular complexity index is 417. The van der Waals surface area contributed by atoms with Gasteiger partial charge >= 0.3 is 0 Å². The van der Waals surface area contributed by atoms with Gasteiger partial charge in [-0.3, -0.25) is 4.79 Å². The number of Topliss-reactive ketones (excluding diaryl/α,β-unsaturated/α-hetero) is 1. The van der Waals surface area contributed by atoms with Gasteiger partial charge in [0.1, 0.15) is 5.78 Å². The molecule has 1 aromatic rings. The van der Waals surface area contributed by atoms with Crippen molar-refractivity contribution >= 4 is 11.5 Å². The normalized spacial score (nSPS) is 18.4. The number of hydrogen-bond acceptors (Lipinski definition) is 3. The average Bonchev–Trinajstić information content (AvgIpc) is 2.39. The Hall–Kier alpha value is -1.35. The predicted octanol–water partition coefficient (Wildman–Crippen LogP) is 1.96. The molecule has 18 heavy (non-hydrogen) atoms. The minimum absolute atomic E-state index is 0.268. The molecule has 0 aromatic heterocycles. The van der Waals surface area contributed by atoms with Gasteiger partial charge in [-0.1, -0.05) is 12.1 Å². The lowest BCUT2D eigenvalue weighted by Gasteiger charge is -2.36. The van der Waals surface area contributed by atoms with E-state index in [1.807, 2.05) is 14.1 Å². The smallest absolute Gasteiger partial charge is 0.140 e. The second kappa shape index (κ2) is 5.11. The molecule has 0 saturated carbocycles. The fraction of sp³-hybridized carbons (Fsp3) is 0.533. The minimum atomic E-state index is -0.268. The van der Waals surface area contributed by atoms with Crippen molar-refractivity contribution in [3.8, 4) is 0 Å². The highest BCUT2D eigenvalue weighted by Crippen LogP contribution is 2.35. The average molecular weight is 246 g/mol. The summed E-state index contributed by atoms with van der Waals surface area (Å²) in [5.41, 5.74) is 2.07. The first kappa shape index (κ1) is 13.1. The van der Waals surface area contributed by atoms with Crippen molar-refractivity contribution in [3.05, 3.63) is 29.8 Å². The highest BCUT2D eigenvalue weighted by Gasteiger charge is 2.38. The maximum absolute atomic E-state index is 12.1. The number of anilines is 1. The Labute approximate surface area is 109 Å². The molecule has 0 atom stereocenters. The number of nitrogens with zero attached hydrogens (tertiary/aromatic N) is 1. The fourth-order valence-corrected chi connectivity index (χ4v) is 2.78. The van der Waals surface area contributed by atoms with Gasteiger partial charge in [0, 0.05) is 19.8 Å². The Morgan fingerprint density at radius 3 is 2.17 bits per heavy atom. The molecule has 1 N–H and O–H groups in total. The molecular weight excluding hydrogens is 224 g/mol. The zero-order valence-corrected chi connectivity index (χ0v) is 11.5. The topological polar surface area (TPSA) is 32.3 Å². The summed E-state index contributed by atoms with van der Waals surface area (Å²) in [6.07, 6.45) is 1.81. The molecule has 1 aliphatic heterocycles. The van der Waals surface area contributed by atoms with Gasteiger partial charge in [0.05, 0.1) is 5.41 Å². The van der Waals surface area contributed by atoms with Crippen molar-refractivity contribution < 1.29 is 4.79 Å². The van der Waals surface area contributed by atoms with E-state index in [1.165, 1.54) is 11.3 Å². The highest BCUT2D eigenvalue weighted by atomic mass is 16.1. The molecule has 2 rings (SSSR count). The molecule has 0 unspecified atom stereocenters. The van der Waals surface area contributed by atoms with E-state index in [4.69, 9.17) is 0 Å². The van der Waals surface area contributed by atoms with E-state index >= 15 is 0 Å². The molecule has 1 heterocycles. The SMILES string of the molecule is CC(=O)C1(c2ccc(N(C)C)cc2)CCNCC1. The van der Waals surface area contributed by atoms with Crippen LogP contribution in [-0.2, 0) is 10.2 Å². The molecule has 1 aliphatic rings. The molecular formula is C15H22N2O. The van der Waals surface area contributed by atoms with Crippen molar-refractivity contribution in [3.63, 3.8) is 0 Å². The standard InChI is InChI=1S/C15H22N2O/c1-12(18)15(8-10-16-11-9-15)13-4-6-14(7-5-13)17(2)3/h4-7,16H,8-11H2,1-3H3. The van der Waals surface area contributed by atoms with Crippen molar-refractivity contribution in [1.29, 1.82) is 0 Å². The third-order valence-corrected chi connectivity index (χ3v) is 4.07. The first-order valence-electron chi connectivity index (χ1n) is 6.56. The first-order chi connectivity index (χ1) is 8.56. The number of ketones is 1. The molecule has 0 amide bonds. The summed E-state index contributed by atoms with van der Waals surface area (Å²) in [4.78, 5) is 14.2. The van der Waals surface area contributed by atoms with Crippen LogP contribution in [0.3, 0.4) is 0 Å². The zero-order valence-electron chi connectivity index (χ0n) is 11.5. The Balaban J connectivity index is 2.34. The molecule has 1 saturated heterocycles. The van der Waals surface area contributed by atoms with Gasteiger partial charge in [0.15, 0.2) is 0 Å². The van der Waals surface area contributed by atoms with Crippen LogP contribution in [0.15, 0.2) is 24.3 Å². The van der Waals surface area contributed by atoms with Crippen LogP contribution < -0.4 is 10.2 Å². The number of carbonyl (C=O) groups excluding carboxylic acids is 1. The predicted molar refractivity (Wildman–Crippen MR) is 75.2 cm³/mol. The summed E-state index contributed by atoms with van der Waals surface area (Å²) >= 11 is 0. The number of carbonyl (C=O) groups is 1. The van der Waals surface area contributed by atoms with Gasteiger partial charge in [-0.25, -0.2) is 0 Å². The van der Waals surface area contributed by atoms with E-state index in [9.17, 15) is 4.79 Å². The largest absolute Gasteiger partial charge is 0.378 e. The van der Waals surface area contributed by atoms with Crippen LogP contribution in [0.5, 0.6) is 0 Å². The van der Waals surface area contributed by atoms with E-state index in [0.717, 1.165) is 25.9 Å². The van der Waals surface area contributed by atoms with Gasteiger partial charge in [-0.05, 0) is 50.6 Å². The van der Waals surface area contributed by atoms with Crippen LogP contribution in [-0.4, -0.2) is 33.0 Å². The van der Waals surface area contributed by atoms with Crippen molar-refractivity contribution in [1.82, 2.24) is 5.32 Å². The Kier molecular flexibility index (Phi) is 3.71. The van der Waals surface area contributed by atoms with E-state index in [2.05, 4.69) is 34.5 Å². The maximum Gasteiger partial charge on any atom is 0.140 e. The van der Waals surface area contributed by atoms with Gasteiger partial charge in [0.2, 0.25) is 0 Å². The van der Waals surface area contributed by atoms with Crippen LogP contribution >= 0.6 is 0 Å². The summed E-state index contributed by atoms with van der Waals surface area (Å²) in [5.74, 6) is 0.293. The third-order valence-electron chi connectivity index (χ3n) is 4.07. The lowest BCUT2D eigenvalue weighted by atomic mass is 9.70. The van der Waals surface area contributed by atoms with E-state index in [1.54, 1.807) is 6.92 Å². The van der Waals surface area contributed by atoms with Crippen LogP contribution in [0.25, 0.3) is 0 Å². The molecule has 3 heteroatoms.